The molecule has 0 aliphatic carbocycles. The number of quaternary nitrogens is 1. The zero-order valence-corrected chi connectivity index (χ0v) is 16.2. The molecule has 0 radical (unpaired) electrons. The van der Waals surface area contributed by atoms with Crippen LogP contribution in [0.5, 0.6) is 0 Å². The number of ketones is 1. The largest absolute Gasteiger partial charge is 0.322 e. The van der Waals surface area contributed by atoms with Gasteiger partial charge in [0.05, 0.1) is 17.3 Å². The molecule has 3 aliphatic rings. The second-order valence-electron chi connectivity index (χ2n) is 7.94. The van der Waals surface area contributed by atoms with Crippen LogP contribution in [0.4, 0.5) is 10.1 Å². The van der Waals surface area contributed by atoms with Gasteiger partial charge in [-0.15, -0.1) is 0 Å². The van der Waals surface area contributed by atoms with Crippen LogP contribution in [0, 0.1) is 17.7 Å². The lowest BCUT2D eigenvalue weighted by molar-refractivity contribution is -0.915. The molecule has 3 fully saturated rings. The van der Waals surface area contributed by atoms with Crippen molar-refractivity contribution in [1.82, 2.24) is 0 Å². The van der Waals surface area contributed by atoms with E-state index in [0.29, 0.717) is 16.3 Å². The molecule has 5 nitrogen and oxygen atoms in total. The van der Waals surface area contributed by atoms with Crippen molar-refractivity contribution in [3.8, 4) is 0 Å². The summed E-state index contributed by atoms with van der Waals surface area (Å²) in [6.45, 7) is 0.752. The number of hydrogen-bond acceptors (Lipinski definition) is 3. The molecule has 2 aromatic carbocycles. The summed E-state index contributed by atoms with van der Waals surface area (Å²) in [5.74, 6) is -2.50. The minimum absolute atomic E-state index is 0.0571. The topological polar surface area (TPSA) is 58.9 Å². The fourth-order valence-electron chi connectivity index (χ4n) is 5.41. The maximum absolute atomic E-state index is 13.4. The molecule has 5 rings (SSSR count). The molecule has 0 bridgehead atoms. The summed E-state index contributed by atoms with van der Waals surface area (Å²) in [7, 11) is 0. The van der Waals surface area contributed by atoms with Gasteiger partial charge in [-0.2, -0.15) is 0 Å². The smallest absolute Gasteiger partial charge is 0.244 e. The Balaban J connectivity index is 1.56. The van der Waals surface area contributed by atoms with E-state index in [0.717, 1.165) is 29.2 Å². The van der Waals surface area contributed by atoms with Gasteiger partial charge in [0.1, 0.15) is 23.7 Å². The van der Waals surface area contributed by atoms with Crippen LogP contribution in [0.25, 0.3) is 0 Å². The predicted octanol–water partition coefficient (Wildman–Crippen LogP) is 1.90. The van der Waals surface area contributed by atoms with E-state index in [2.05, 4.69) is 0 Å². The van der Waals surface area contributed by atoms with Crippen LogP contribution < -0.4 is 9.80 Å². The van der Waals surface area contributed by atoms with Crippen molar-refractivity contribution in [2.24, 2.45) is 11.8 Å². The molecule has 148 valence electrons. The maximum Gasteiger partial charge on any atom is 0.244 e. The van der Waals surface area contributed by atoms with E-state index in [4.69, 9.17) is 11.6 Å². The van der Waals surface area contributed by atoms with Crippen LogP contribution in [-0.4, -0.2) is 36.2 Å². The summed E-state index contributed by atoms with van der Waals surface area (Å²) in [5.41, 5.74) is 0.734. The first-order valence-electron chi connectivity index (χ1n) is 9.77. The number of carbonyl (C=O) groups excluding carboxylic acids is 3. The Morgan fingerprint density at radius 2 is 1.72 bits per heavy atom. The van der Waals surface area contributed by atoms with E-state index < -0.39 is 23.7 Å². The SMILES string of the molecule is O=C(c1ccc(F)cc1)[C@@H]1[C@@H]2C(=O)N(c3ccccc3Cl)C(=O)[C@H]2[C@@H]2CCC[NH+]12. The molecule has 29 heavy (non-hydrogen) atoms. The van der Waals surface area contributed by atoms with E-state index in [1.54, 1.807) is 24.3 Å². The summed E-state index contributed by atoms with van der Waals surface area (Å²) in [4.78, 5) is 42.2. The normalized spacial score (nSPS) is 30.6. The third-order valence-corrected chi connectivity index (χ3v) is 6.87. The highest BCUT2D eigenvalue weighted by atomic mass is 35.5. The number of para-hydroxylation sites is 1. The van der Waals surface area contributed by atoms with Crippen LogP contribution in [0.15, 0.2) is 48.5 Å². The number of amides is 2. The number of halogens is 2. The Morgan fingerprint density at radius 1 is 1.03 bits per heavy atom. The van der Waals surface area contributed by atoms with Crippen molar-refractivity contribution in [1.29, 1.82) is 0 Å². The zero-order chi connectivity index (χ0) is 20.3. The number of fused-ring (bicyclic) bond motifs is 3. The molecule has 5 atom stereocenters. The fraction of sp³-hybridized carbons (Fsp3) is 0.318. The van der Waals surface area contributed by atoms with Gasteiger partial charge in [-0.1, -0.05) is 23.7 Å². The molecule has 2 aromatic rings. The van der Waals surface area contributed by atoms with Gasteiger partial charge in [0.25, 0.3) is 0 Å². The predicted molar refractivity (Wildman–Crippen MR) is 104 cm³/mol. The maximum atomic E-state index is 13.4. The van der Waals surface area contributed by atoms with Crippen molar-refractivity contribution >= 4 is 34.9 Å². The number of nitrogens with zero attached hydrogens (tertiary/aromatic N) is 1. The monoisotopic (exact) mass is 413 g/mol. The van der Waals surface area contributed by atoms with E-state index in [-0.39, 0.29) is 23.6 Å². The van der Waals surface area contributed by atoms with Gasteiger partial charge in [0, 0.05) is 18.4 Å². The Bertz CT molecular complexity index is 1020. The highest BCUT2D eigenvalue weighted by molar-refractivity contribution is 6.36. The minimum atomic E-state index is -0.711. The van der Waals surface area contributed by atoms with Crippen LogP contribution in [0.2, 0.25) is 5.02 Å². The first-order valence-corrected chi connectivity index (χ1v) is 10.1. The molecule has 0 spiro atoms. The van der Waals surface area contributed by atoms with Gasteiger partial charge in [-0.25, -0.2) is 9.29 Å². The number of nitrogens with one attached hydrogen (secondary N) is 1. The van der Waals surface area contributed by atoms with Crippen LogP contribution in [0.3, 0.4) is 0 Å². The van der Waals surface area contributed by atoms with Gasteiger partial charge in [0.15, 0.2) is 6.04 Å². The summed E-state index contributed by atoms with van der Waals surface area (Å²) < 4.78 is 13.3. The fourth-order valence-corrected chi connectivity index (χ4v) is 5.63. The lowest BCUT2D eigenvalue weighted by atomic mass is 9.85. The lowest BCUT2D eigenvalue weighted by Crippen LogP contribution is -3.16. The number of imide groups is 1. The first-order chi connectivity index (χ1) is 14.0. The van der Waals surface area contributed by atoms with Crippen LogP contribution >= 0.6 is 11.6 Å². The second kappa shape index (κ2) is 6.75. The summed E-state index contributed by atoms with van der Waals surface area (Å²) in [6.07, 6.45) is 1.71. The number of benzene rings is 2. The average Bonchev–Trinajstić information content (AvgIpc) is 3.35. The highest BCUT2D eigenvalue weighted by Gasteiger charge is 2.68. The molecule has 2 amide bonds. The Kier molecular flexibility index (Phi) is 4.29. The van der Waals surface area contributed by atoms with Crippen molar-refractivity contribution in [3.63, 3.8) is 0 Å². The lowest BCUT2D eigenvalue weighted by Gasteiger charge is -2.25. The van der Waals surface area contributed by atoms with E-state index in [9.17, 15) is 18.8 Å². The van der Waals surface area contributed by atoms with Crippen molar-refractivity contribution < 1.29 is 23.7 Å². The third-order valence-electron chi connectivity index (χ3n) is 6.55. The Hall–Kier alpha value is -2.57. The van der Waals surface area contributed by atoms with Gasteiger partial charge in [-0.05, 0) is 36.4 Å². The average molecular weight is 414 g/mol. The Labute approximate surface area is 172 Å². The summed E-state index contributed by atoms with van der Waals surface area (Å²) in [5, 5.41) is 0.325. The molecular formula is C22H19ClFN2O3+. The van der Waals surface area contributed by atoms with Crippen molar-refractivity contribution in [3.05, 3.63) is 64.9 Å². The van der Waals surface area contributed by atoms with Gasteiger partial charge in [-0.3, -0.25) is 14.4 Å². The first kappa shape index (κ1) is 18.5. The molecule has 7 heteroatoms. The molecular weight excluding hydrogens is 395 g/mol. The number of anilines is 1. The summed E-state index contributed by atoms with van der Waals surface area (Å²) in [6, 6.07) is 11.4. The van der Waals surface area contributed by atoms with Crippen LogP contribution in [-0.2, 0) is 9.59 Å². The molecule has 3 heterocycles. The molecule has 3 saturated heterocycles. The van der Waals surface area contributed by atoms with E-state index in [1.807, 2.05) is 0 Å². The minimum Gasteiger partial charge on any atom is -0.322 e. The number of Topliss-reactive ketones (excluding diaryl/α,β-unsaturated/α-hetero) is 1. The van der Waals surface area contributed by atoms with Gasteiger partial charge < -0.3 is 4.90 Å². The van der Waals surface area contributed by atoms with Crippen molar-refractivity contribution in [2.75, 3.05) is 11.4 Å². The van der Waals surface area contributed by atoms with Gasteiger partial charge in [0.2, 0.25) is 17.6 Å². The quantitative estimate of drug-likeness (QED) is 0.617. The van der Waals surface area contributed by atoms with Crippen molar-refractivity contribution in [2.45, 2.75) is 24.9 Å². The molecule has 1 N–H and O–H groups in total. The highest BCUT2D eigenvalue weighted by Crippen LogP contribution is 2.42. The Morgan fingerprint density at radius 3 is 2.45 bits per heavy atom. The van der Waals surface area contributed by atoms with E-state index in [1.165, 1.54) is 24.3 Å². The van der Waals surface area contributed by atoms with E-state index >= 15 is 0 Å². The van der Waals surface area contributed by atoms with Crippen LogP contribution in [0.1, 0.15) is 23.2 Å². The molecule has 3 aliphatic heterocycles. The zero-order valence-electron chi connectivity index (χ0n) is 15.5. The second-order valence-corrected chi connectivity index (χ2v) is 8.34. The molecule has 0 aromatic heterocycles. The third kappa shape index (κ3) is 2.66. The molecule has 0 saturated carbocycles. The summed E-state index contributed by atoms with van der Waals surface area (Å²) >= 11 is 6.26. The standard InChI is InChI=1S/C22H18ClFN2O3/c23-14-4-1-2-5-15(14)26-21(28)17-16-6-3-11-25(16)19(18(17)22(26)29)20(27)12-7-9-13(24)10-8-12/h1-2,4-5,7-10,16-19H,3,6,11H2/p+1/t16-,17-,18+,19-/m0/s1. The number of rotatable bonds is 3. The number of carbonyl (C=O) groups is 3. The number of hydrogen-bond donors (Lipinski definition) is 1. The molecule has 1 unspecified atom stereocenters. The van der Waals surface area contributed by atoms with Gasteiger partial charge >= 0.3 is 0 Å².